The molecule has 0 aliphatic carbocycles. The van der Waals surface area contributed by atoms with Crippen LogP contribution in [0.2, 0.25) is 10.0 Å². The molecule has 2 N–H and O–H groups in total. The van der Waals surface area contributed by atoms with Gasteiger partial charge >= 0.3 is 0 Å². The van der Waals surface area contributed by atoms with Gasteiger partial charge in [0.2, 0.25) is 5.91 Å². The molecule has 0 saturated carbocycles. The Morgan fingerprint density at radius 3 is 2.54 bits per heavy atom. The highest BCUT2D eigenvalue weighted by Gasteiger charge is 2.11. The molecule has 0 saturated heterocycles. The van der Waals surface area contributed by atoms with Crippen molar-refractivity contribution >= 4 is 68.9 Å². The van der Waals surface area contributed by atoms with Gasteiger partial charge in [0.05, 0.1) is 28.6 Å². The number of ether oxygens (including phenoxy) is 1. The number of thioether (sulfide) groups is 1. The standard InChI is InChI=1S/C25H19Cl2N3O3S2/c1-33-18-4-2-3-16(11-18)24(32)28-17-6-8-19(9-7-17)34-14-23(31)30-25-29-22(13-35-25)15-5-10-20(26)21(27)12-15/h2-13H,14H2,1H3,(H,28,32)(H,29,30,31). The summed E-state index contributed by atoms with van der Waals surface area (Å²) in [5.74, 6) is 0.441. The molecule has 0 bridgehead atoms. The summed E-state index contributed by atoms with van der Waals surface area (Å²) in [6, 6.07) is 19.5. The molecule has 1 heterocycles. The number of hydrogen-bond acceptors (Lipinski definition) is 6. The summed E-state index contributed by atoms with van der Waals surface area (Å²) in [5.41, 5.74) is 2.69. The van der Waals surface area contributed by atoms with E-state index in [9.17, 15) is 9.59 Å². The fourth-order valence-corrected chi connectivity index (χ4v) is 4.76. The lowest BCUT2D eigenvalue weighted by Gasteiger charge is -2.08. The highest BCUT2D eigenvalue weighted by molar-refractivity contribution is 8.00. The Morgan fingerprint density at radius 2 is 1.80 bits per heavy atom. The average molecular weight is 544 g/mol. The van der Waals surface area contributed by atoms with Crippen molar-refractivity contribution in [3.05, 3.63) is 87.7 Å². The molecule has 35 heavy (non-hydrogen) atoms. The lowest BCUT2D eigenvalue weighted by Crippen LogP contribution is -2.13. The number of carbonyl (C=O) groups is 2. The SMILES string of the molecule is COc1cccc(C(=O)Nc2ccc(SCC(=O)Nc3nc(-c4ccc(Cl)c(Cl)c4)cs3)cc2)c1. The minimum absolute atomic E-state index is 0.166. The Morgan fingerprint density at radius 1 is 1.00 bits per heavy atom. The van der Waals surface area contributed by atoms with Crippen LogP contribution in [-0.4, -0.2) is 29.7 Å². The normalized spacial score (nSPS) is 10.6. The van der Waals surface area contributed by atoms with E-state index in [1.54, 1.807) is 55.6 Å². The van der Waals surface area contributed by atoms with E-state index in [0.29, 0.717) is 37.9 Å². The van der Waals surface area contributed by atoms with Crippen molar-refractivity contribution in [3.63, 3.8) is 0 Å². The average Bonchev–Trinajstić information content (AvgIpc) is 3.33. The van der Waals surface area contributed by atoms with E-state index in [1.165, 1.54) is 23.1 Å². The van der Waals surface area contributed by atoms with Crippen molar-refractivity contribution in [2.24, 2.45) is 0 Å². The van der Waals surface area contributed by atoms with Gasteiger partial charge in [-0.1, -0.05) is 35.3 Å². The van der Waals surface area contributed by atoms with Crippen LogP contribution in [0, 0.1) is 0 Å². The zero-order valence-corrected chi connectivity index (χ0v) is 21.5. The van der Waals surface area contributed by atoms with E-state index in [0.717, 1.165) is 10.5 Å². The number of carbonyl (C=O) groups excluding carboxylic acids is 2. The van der Waals surface area contributed by atoms with Gasteiger partial charge in [-0.25, -0.2) is 4.98 Å². The Bertz CT molecular complexity index is 1360. The smallest absolute Gasteiger partial charge is 0.255 e. The second-order valence-electron chi connectivity index (χ2n) is 7.21. The summed E-state index contributed by atoms with van der Waals surface area (Å²) in [6.07, 6.45) is 0. The lowest BCUT2D eigenvalue weighted by molar-refractivity contribution is -0.113. The number of methoxy groups -OCH3 is 1. The van der Waals surface area contributed by atoms with E-state index >= 15 is 0 Å². The number of nitrogens with one attached hydrogen (secondary N) is 2. The molecule has 6 nitrogen and oxygen atoms in total. The van der Waals surface area contributed by atoms with Crippen LogP contribution in [0.5, 0.6) is 5.75 Å². The number of halogens is 2. The van der Waals surface area contributed by atoms with Crippen LogP contribution in [0.3, 0.4) is 0 Å². The van der Waals surface area contributed by atoms with Gasteiger partial charge in [0.15, 0.2) is 5.13 Å². The van der Waals surface area contributed by atoms with Crippen LogP contribution in [-0.2, 0) is 4.79 Å². The molecule has 0 aliphatic heterocycles. The van der Waals surface area contributed by atoms with Gasteiger partial charge in [-0.15, -0.1) is 23.1 Å². The molecule has 178 valence electrons. The first-order valence-corrected chi connectivity index (χ1v) is 12.9. The summed E-state index contributed by atoms with van der Waals surface area (Å²) in [7, 11) is 1.56. The van der Waals surface area contributed by atoms with Crippen molar-refractivity contribution in [1.82, 2.24) is 4.98 Å². The van der Waals surface area contributed by atoms with Gasteiger partial charge < -0.3 is 15.4 Å². The molecule has 3 aromatic carbocycles. The molecule has 0 unspecified atom stereocenters. The maximum Gasteiger partial charge on any atom is 0.255 e. The summed E-state index contributed by atoms with van der Waals surface area (Å²) in [6.45, 7) is 0. The van der Waals surface area contributed by atoms with Gasteiger partial charge in [-0.2, -0.15) is 0 Å². The summed E-state index contributed by atoms with van der Waals surface area (Å²) in [4.78, 5) is 30.2. The molecule has 1 aromatic heterocycles. The maximum atomic E-state index is 12.4. The van der Waals surface area contributed by atoms with Crippen LogP contribution >= 0.6 is 46.3 Å². The molecule has 4 aromatic rings. The monoisotopic (exact) mass is 543 g/mol. The molecule has 0 spiro atoms. The molecule has 0 fully saturated rings. The molecule has 0 radical (unpaired) electrons. The summed E-state index contributed by atoms with van der Waals surface area (Å²) in [5, 5.41) is 8.95. The van der Waals surface area contributed by atoms with Gasteiger partial charge in [0.25, 0.3) is 5.91 Å². The summed E-state index contributed by atoms with van der Waals surface area (Å²) < 4.78 is 5.16. The zero-order chi connectivity index (χ0) is 24.8. The predicted molar refractivity (Wildman–Crippen MR) is 144 cm³/mol. The zero-order valence-electron chi connectivity index (χ0n) is 18.4. The van der Waals surface area contributed by atoms with E-state index in [2.05, 4.69) is 15.6 Å². The Balaban J connectivity index is 1.28. The Hall–Kier alpha value is -3.04. The van der Waals surface area contributed by atoms with Crippen LogP contribution in [0.4, 0.5) is 10.8 Å². The first-order valence-electron chi connectivity index (χ1n) is 10.3. The molecule has 0 atom stereocenters. The number of thiazole rings is 1. The van der Waals surface area contributed by atoms with Crippen molar-refractivity contribution in [3.8, 4) is 17.0 Å². The predicted octanol–water partition coefficient (Wildman–Crippen LogP) is 7.11. The van der Waals surface area contributed by atoms with Gasteiger partial charge in [-0.3, -0.25) is 9.59 Å². The topological polar surface area (TPSA) is 80.3 Å². The Labute approximate surface area is 220 Å². The Kier molecular flexibility index (Phi) is 8.30. The third-order valence-electron chi connectivity index (χ3n) is 4.78. The van der Waals surface area contributed by atoms with Gasteiger partial charge in [-0.05, 0) is 54.6 Å². The van der Waals surface area contributed by atoms with E-state index < -0.39 is 0 Å². The highest BCUT2D eigenvalue weighted by Crippen LogP contribution is 2.30. The number of rotatable bonds is 8. The van der Waals surface area contributed by atoms with Gasteiger partial charge in [0, 0.05) is 27.1 Å². The van der Waals surface area contributed by atoms with Crippen molar-refractivity contribution in [2.45, 2.75) is 4.90 Å². The van der Waals surface area contributed by atoms with Crippen molar-refractivity contribution in [1.29, 1.82) is 0 Å². The van der Waals surface area contributed by atoms with Crippen molar-refractivity contribution < 1.29 is 14.3 Å². The van der Waals surface area contributed by atoms with E-state index in [4.69, 9.17) is 27.9 Å². The fraction of sp³-hybridized carbons (Fsp3) is 0.0800. The third kappa shape index (κ3) is 6.76. The number of benzene rings is 3. The number of amides is 2. The number of nitrogens with zero attached hydrogens (tertiary/aromatic N) is 1. The first kappa shape index (κ1) is 25.1. The van der Waals surface area contributed by atoms with Crippen LogP contribution < -0.4 is 15.4 Å². The second-order valence-corrected chi connectivity index (χ2v) is 9.94. The maximum absolute atomic E-state index is 12.4. The number of hydrogen-bond donors (Lipinski definition) is 2. The van der Waals surface area contributed by atoms with Crippen molar-refractivity contribution in [2.75, 3.05) is 23.5 Å². The second kappa shape index (κ2) is 11.6. The van der Waals surface area contributed by atoms with E-state index in [-0.39, 0.29) is 17.6 Å². The van der Waals surface area contributed by atoms with E-state index in [1.807, 2.05) is 23.6 Å². The fourth-order valence-electron chi connectivity index (χ4n) is 3.03. The first-order chi connectivity index (χ1) is 16.9. The highest BCUT2D eigenvalue weighted by atomic mass is 35.5. The molecule has 10 heteroatoms. The van der Waals surface area contributed by atoms with Crippen LogP contribution in [0.25, 0.3) is 11.3 Å². The minimum atomic E-state index is -0.229. The molecule has 4 rings (SSSR count). The van der Waals surface area contributed by atoms with Gasteiger partial charge in [0.1, 0.15) is 5.75 Å². The molecular weight excluding hydrogens is 525 g/mol. The third-order valence-corrected chi connectivity index (χ3v) is 7.29. The summed E-state index contributed by atoms with van der Waals surface area (Å²) >= 11 is 14.8. The quantitative estimate of drug-likeness (QED) is 0.231. The molecule has 2 amide bonds. The molecule has 0 aliphatic rings. The number of aromatic nitrogens is 1. The minimum Gasteiger partial charge on any atom is -0.497 e. The molecular formula is C25H19Cl2N3O3S2. The van der Waals surface area contributed by atoms with Crippen LogP contribution in [0.15, 0.2) is 77.0 Å². The lowest BCUT2D eigenvalue weighted by atomic mass is 10.2. The van der Waals surface area contributed by atoms with Crippen LogP contribution in [0.1, 0.15) is 10.4 Å². The number of anilines is 2. The largest absolute Gasteiger partial charge is 0.497 e.